The number of amides is 1. The minimum Gasteiger partial charge on any atom is -0.493 e. The number of benzene rings is 2. The number of nitrogens with two attached hydrogens (primary N) is 1. The van der Waals surface area contributed by atoms with Gasteiger partial charge in [-0.1, -0.05) is 23.2 Å². The molecule has 0 aliphatic carbocycles. The van der Waals surface area contributed by atoms with E-state index in [1.165, 1.54) is 27.4 Å². The van der Waals surface area contributed by atoms with Crippen LogP contribution < -0.4 is 25.3 Å². The van der Waals surface area contributed by atoms with Crippen molar-refractivity contribution in [2.45, 2.75) is 11.4 Å². The third-order valence-electron chi connectivity index (χ3n) is 5.14. The Morgan fingerprint density at radius 1 is 1.05 bits per heavy atom. The summed E-state index contributed by atoms with van der Waals surface area (Å²) in [5, 5.41) is 23.6. The number of nitriles is 2. The van der Waals surface area contributed by atoms with Gasteiger partial charge in [-0.25, -0.2) is 4.98 Å². The van der Waals surface area contributed by atoms with E-state index in [0.29, 0.717) is 38.5 Å². The predicted octanol–water partition coefficient (Wildman–Crippen LogP) is 5.53. The van der Waals surface area contributed by atoms with E-state index < -0.39 is 0 Å². The van der Waals surface area contributed by atoms with E-state index >= 15 is 0 Å². The van der Waals surface area contributed by atoms with E-state index in [1.807, 2.05) is 6.07 Å². The number of nitrogens with zero attached hydrogens (tertiary/aromatic N) is 3. The number of aromatic nitrogens is 1. The zero-order valence-corrected chi connectivity index (χ0v) is 22.3. The van der Waals surface area contributed by atoms with Crippen LogP contribution in [0, 0.1) is 22.7 Å². The highest BCUT2D eigenvalue weighted by Gasteiger charge is 2.24. The first-order valence-corrected chi connectivity index (χ1v) is 12.3. The van der Waals surface area contributed by atoms with Gasteiger partial charge in [0, 0.05) is 22.8 Å². The Morgan fingerprint density at radius 3 is 2.24 bits per heavy atom. The van der Waals surface area contributed by atoms with E-state index in [1.54, 1.807) is 24.3 Å². The quantitative estimate of drug-likeness (QED) is 0.324. The van der Waals surface area contributed by atoms with Gasteiger partial charge < -0.3 is 25.3 Å². The van der Waals surface area contributed by atoms with Gasteiger partial charge in [-0.2, -0.15) is 10.5 Å². The summed E-state index contributed by atoms with van der Waals surface area (Å²) in [6.45, 7) is 0. The fourth-order valence-corrected chi connectivity index (χ4v) is 4.85. The van der Waals surface area contributed by atoms with Gasteiger partial charge in [-0.05, 0) is 35.9 Å². The molecule has 0 aliphatic heterocycles. The number of nitrogen functional groups attached to an aromatic ring is 1. The van der Waals surface area contributed by atoms with E-state index in [2.05, 4.69) is 16.4 Å². The molecule has 0 unspecified atom stereocenters. The highest BCUT2D eigenvalue weighted by Crippen LogP contribution is 2.44. The lowest BCUT2D eigenvalue weighted by molar-refractivity contribution is -0.115. The summed E-state index contributed by atoms with van der Waals surface area (Å²) in [6, 6.07) is 12.2. The van der Waals surface area contributed by atoms with Crippen LogP contribution in [0.5, 0.6) is 17.2 Å². The first-order valence-electron chi connectivity index (χ1n) is 10.6. The Labute approximate surface area is 228 Å². The lowest BCUT2D eigenvalue weighted by atomic mass is 9.96. The molecule has 2 aromatic carbocycles. The average Bonchev–Trinajstić information content (AvgIpc) is 2.88. The first-order chi connectivity index (χ1) is 17.8. The topological polar surface area (TPSA) is 143 Å². The number of hydrogen-bond donors (Lipinski definition) is 2. The van der Waals surface area contributed by atoms with Crippen molar-refractivity contribution in [1.29, 1.82) is 10.5 Å². The van der Waals surface area contributed by atoms with Crippen LogP contribution in [0.3, 0.4) is 0 Å². The van der Waals surface area contributed by atoms with Gasteiger partial charge in [0.05, 0.1) is 37.6 Å². The van der Waals surface area contributed by atoms with Crippen molar-refractivity contribution in [3.05, 3.63) is 51.5 Å². The van der Waals surface area contributed by atoms with Crippen LogP contribution in [0.25, 0.3) is 11.1 Å². The summed E-state index contributed by atoms with van der Waals surface area (Å²) < 4.78 is 16.2. The average molecular weight is 558 g/mol. The second kappa shape index (κ2) is 12.4. The number of anilines is 2. The molecule has 12 heteroatoms. The molecule has 1 aromatic heterocycles. The Morgan fingerprint density at radius 2 is 1.70 bits per heavy atom. The second-order valence-electron chi connectivity index (χ2n) is 7.34. The SMILES string of the molecule is COc1cc(-c2c(C#N)c(N)nc(SCCC(=O)Nc3ccc(Cl)cc3Cl)c2C#N)cc(OC)c1OC. The van der Waals surface area contributed by atoms with E-state index in [4.69, 9.17) is 43.1 Å². The molecule has 0 spiro atoms. The van der Waals surface area contributed by atoms with E-state index in [-0.39, 0.29) is 45.6 Å². The maximum Gasteiger partial charge on any atom is 0.225 e. The summed E-state index contributed by atoms with van der Waals surface area (Å²) >= 11 is 13.2. The van der Waals surface area contributed by atoms with E-state index in [0.717, 1.165) is 11.8 Å². The van der Waals surface area contributed by atoms with Crippen LogP contribution in [-0.2, 0) is 4.79 Å². The monoisotopic (exact) mass is 557 g/mol. The fourth-order valence-electron chi connectivity index (χ4n) is 3.46. The van der Waals surface area contributed by atoms with Crippen LogP contribution in [0.2, 0.25) is 10.0 Å². The summed E-state index contributed by atoms with van der Waals surface area (Å²) in [5.41, 5.74) is 7.43. The molecule has 37 heavy (non-hydrogen) atoms. The number of nitrogens with one attached hydrogen (secondary N) is 1. The van der Waals surface area contributed by atoms with Gasteiger partial charge in [0.15, 0.2) is 11.5 Å². The molecule has 0 bridgehead atoms. The summed E-state index contributed by atoms with van der Waals surface area (Å²) in [7, 11) is 4.39. The van der Waals surface area contributed by atoms with Crippen molar-refractivity contribution in [1.82, 2.24) is 4.98 Å². The molecular formula is C25H21Cl2N5O4S. The number of halogens is 2. The number of carbonyl (C=O) groups excluding carboxylic acids is 1. The van der Waals surface area contributed by atoms with Crippen LogP contribution in [0.1, 0.15) is 17.5 Å². The third-order valence-corrected chi connectivity index (χ3v) is 6.67. The Hall–Kier alpha value is -3.83. The van der Waals surface area contributed by atoms with Crippen LogP contribution in [0.4, 0.5) is 11.5 Å². The molecule has 0 saturated carbocycles. The van der Waals surface area contributed by atoms with Gasteiger partial charge in [-0.3, -0.25) is 4.79 Å². The zero-order chi connectivity index (χ0) is 27.1. The van der Waals surface area contributed by atoms with Crippen molar-refractivity contribution in [3.8, 4) is 40.5 Å². The molecule has 9 nitrogen and oxygen atoms in total. The first kappa shape index (κ1) is 27.8. The molecule has 0 atom stereocenters. The lowest BCUT2D eigenvalue weighted by Gasteiger charge is -2.17. The highest BCUT2D eigenvalue weighted by atomic mass is 35.5. The fraction of sp³-hybridized carbons (Fsp3) is 0.200. The van der Waals surface area contributed by atoms with Gasteiger partial charge in [0.2, 0.25) is 11.7 Å². The second-order valence-corrected chi connectivity index (χ2v) is 9.26. The molecule has 3 aromatic rings. The smallest absolute Gasteiger partial charge is 0.225 e. The number of hydrogen-bond acceptors (Lipinski definition) is 9. The molecule has 1 amide bonds. The molecule has 0 aliphatic rings. The van der Waals surface area contributed by atoms with Crippen LogP contribution in [0.15, 0.2) is 35.4 Å². The summed E-state index contributed by atoms with van der Waals surface area (Å²) in [5.74, 6) is 0.971. The maximum absolute atomic E-state index is 12.4. The highest BCUT2D eigenvalue weighted by molar-refractivity contribution is 7.99. The van der Waals surface area contributed by atoms with Crippen LogP contribution in [-0.4, -0.2) is 38.0 Å². The lowest BCUT2D eigenvalue weighted by Crippen LogP contribution is -2.12. The van der Waals surface area contributed by atoms with E-state index in [9.17, 15) is 15.3 Å². The molecule has 190 valence electrons. The maximum atomic E-state index is 12.4. The third kappa shape index (κ3) is 6.12. The predicted molar refractivity (Wildman–Crippen MR) is 144 cm³/mol. The normalized spacial score (nSPS) is 10.2. The van der Waals surface area contributed by atoms with Gasteiger partial charge in [-0.15, -0.1) is 11.8 Å². The number of carbonyl (C=O) groups is 1. The van der Waals surface area contributed by atoms with Crippen molar-refractivity contribution in [2.24, 2.45) is 0 Å². The van der Waals surface area contributed by atoms with Gasteiger partial charge in [0.1, 0.15) is 28.5 Å². The molecular weight excluding hydrogens is 537 g/mol. The van der Waals surface area contributed by atoms with Crippen molar-refractivity contribution in [2.75, 3.05) is 38.1 Å². The minimum atomic E-state index is -0.290. The summed E-state index contributed by atoms with van der Waals surface area (Å²) in [6.07, 6.45) is 0.0928. The zero-order valence-electron chi connectivity index (χ0n) is 20.0. The molecule has 3 N–H and O–H groups in total. The molecule has 0 radical (unpaired) electrons. The van der Waals surface area contributed by atoms with Gasteiger partial charge in [0.25, 0.3) is 0 Å². The number of ether oxygens (including phenoxy) is 3. The molecule has 0 fully saturated rings. The molecule has 3 rings (SSSR count). The Bertz CT molecular complexity index is 1410. The van der Waals surface area contributed by atoms with Crippen molar-refractivity contribution < 1.29 is 19.0 Å². The standard InChI is InChI=1S/C25H21Cl2N5O4S/c1-34-19-8-13(9-20(35-2)23(19)36-3)22-15(11-28)24(30)32-25(16(22)12-29)37-7-6-21(33)31-18-5-4-14(26)10-17(18)27/h4-5,8-10H,6-7H2,1-3H3,(H2,30,32)(H,31,33). The number of methoxy groups -OCH3 is 3. The van der Waals surface area contributed by atoms with Gasteiger partial charge >= 0.3 is 0 Å². The van der Waals surface area contributed by atoms with Crippen LogP contribution >= 0.6 is 35.0 Å². The van der Waals surface area contributed by atoms with Crippen molar-refractivity contribution in [3.63, 3.8) is 0 Å². The largest absolute Gasteiger partial charge is 0.493 e. The Kier molecular flexibility index (Phi) is 9.31. The molecule has 1 heterocycles. The number of thioether (sulfide) groups is 1. The minimum absolute atomic E-state index is 0.0327. The molecule has 0 saturated heterocycles. The van der Waals surface area contributed by atoms with Crippen molar-refractivity contribution >= 4 is 52.4 Å². The number of pyridine rings is 1. The number of rotatable bonds is 9. The Balaban J connectivity index is 1.94. The summed E-state index contributed by atoms with van der Waals surface area (Å²) in [4.78, 5) is 16.7.